The summed E-state index contributed by atoms with van der Waals surface area (Å²) in [6.07, 6.45) is 2.20. The third-order valence-corrected chi connectivity index (χ3v) is 5.13. The van der Waals surface area contributed by atoms with Crippen LogP contribution in [0.15, 0.2) is 71.6 Å². The minimum atomic E-state index is 0.814. The number of hydrogen-bond donors (Lipinski definition) is 1. The summed E-state index contributed by atoms with van der Waals surface area (Å²) in [6, 6.07) is 23.5. The molecule has 3 nitrogen and oxygen atoms in total. The van der Waals surface area contributed by atoms with E-state index in [4.69, 9.17) is 5.10 Å². The number of nitrogens with zero attached hydrogens (tertiary/aromatic N) is 2. The molecule has 0 radical (unpaired) electrons. The van der Waals surface area contributed by atoms with E-state index < -0.39 is 0 Å². The van der Waals surface area contributed by atoms with Crippen molar-refractivity contribution in [2.24, 2.45) is 0 Å². The van der Waals surface area contributed by atoms with Gasteiger partial charge in [-0.15, -0.1) is 11.8 Å². The molecular formula is C21H25N3S. The van der Waals surface area contributed by atoms with Crippen molar-refractivity contribution in [3.05, 3.63) is 83.7 Å². The van der Waals surface area contributed by atoms with E-state index in [-0.39, 0.29) is 0 Å². The maximum atomic E-state index is 4.78. The van der Waals surface area contributed by atoms with Crippen molar-refractivity contribution < 1.29 is 0 Å². The van der Waals surface area contributed by atoms with Crippen LogP contribution in [0.4, 0.5) is 0 Å². The number of thioether (sulfide) groups is 1. The first kappa shape index (κ1) is 17.8. The van der Waals surface area contributed by atoms with Gasteiger partial charge in [-0.1, -0.05) is 48.5 Å². The molecule has 0 aliphatic heterocycles. The summed E-state index contributed by atoms with van der Waals surface area (Å²) in [7, 11) is 1.97. The van der Waals surface area contributed by atoms with Gasteiger partial charge in [0.15, 0.2) is 0 Å². The first-order valence-electron chi connectivity index (χ1n) is 8.77. The van der Waals surface area contributed by atoms with E-state index >= 15 is 0 Å². The van der Waals surface area contributed by atoms with Gasteiger partial charge < -0.3 is 5.32 Å². The maximum absolute atomic E-state index is 4.78. The molecule has 0 unspecified atom stereocenters. The molecule has 25 heavy (non-hydrogen) atoms. The summed E-state index contributed by atoms with van der Waals surface area (Å²) in [5.41, 5.74) is 3.81. The molecule has 1 heterocycles. The molecule has 0 atom stereocenters. The van der Waals surface area contributed by atoms with Gasteiger partial charge in [-0.25, -0.2) is 0 Å². The molecule has 1 aromatic heterocycles. The highest BCUT2D eigenvalue weighted by atomic mass is 32.2. The second-order valence-electron chi connectivity index (χ2n) is 6.07. The molecular weight excluding hydrogens is 326 g/mol. The van der Waals surface area contributed by atoms with E-state index in [1.807, 2.05) is 18.8 Å². The van der Waals surface area contributed by atoms with Gasteiger partial charge in [0.05, 0.1) is 5.69 Å². The summed E-state index contributed by atoms with van der Waals surface area (Å²) in [5.74, 6) is 0.950. The number of benzene rings is 2. The molecule has 3 aromatic rings. The molecule has 0 saturated heterocycles. The second-order valence-corrected chi connectivity index (χ2v) is 7.12. The van der Waals surface area contributed by atoms with Gasteiger partial charge in [0.1, 0.15) is 0 Å². The zero-order valence-electron chi connectivity index (χ0n) is 14.7. The number of hydrogen-bond acceptors (Lipinski definition) is 3. The fourth-order valence-electron chi connectivity index (χ4n) is 2.84. The van der Waals surface area contributed by atoms with E-state index in [2.05, 4.69) is 76.7 Å². The van der Waals surface area contributed by atoms with Gasteiger partial charge in [-0.3, -0.25) is 4.68 Å². The Bertz CT molecular complexity index is 753. The zero-order chi connectivity index (χ0) is 17.3. The van der Waals surface area contributed by atoms with Crippen molar-refractivity contribution in [1.29, 1.82) is 0 Å². The quantitative estimate of drug-likeness (QED) is 0.575. The Labute approximate surface area is 154 Å². The normalized spacial score (nSPS) is 10.9. The van der Waals surface area contributed by atoms with Gasteiger partial charge in [-0.2, -0.15) is 5.10 Å². The molecule has 1 N–H and O–H groups in total. The lowest BCUT2D eigenvalue weighted by Crippen LogP contribution is -2.08. The summed E-state index contributed by atoms with van der Waals surface area (Å²) >= 11 is 1.87. The van der Waals surface area contributed by atoms with Crippen LogP contribution >= 0.6 is 11.8 Å². The van der Waals surface area contributed by atoms with E-state index in [0.29, 0.717) is 0 Å². The number of nitrogens with one attached hydrogen (secondary N) is 1. The van der Waals surface area contributed by atoms with E-state index in [0.717, 1.165) is 37.4 Å². The first-order chi connectivity index (χ1) is 12.3. The Morgan fingerprint density at radius 1 is 1.00 bits per heavy atom. The smallest absolute Gasteiger partial charge is 0.0765 e. The highest BCUT2D eigenvalue weighted by Gasteiger charge is 2.08. The Kier molecular flexibility index (Phi) is 6.71. The Morgan fingerprint density at radius 2 is 1.72 bits per heavy atom. The molecule has 0 saturated carbocycles. The SMILES string of the molecule is CNCc1cc(CSc2ccccc2)n(CCCc2ccccc2)n1. The van der Waals surface area contributed by atoms with Crippen LogP contribution in [0.3, 0.4) is 0 Å². The van der Waals surface area contributed by atoms with Crippen LogP contribution in [-0.4, -0.2) is 16.8 Å². The summed E-state index contributed by atoms with van der Waals surface area (Å²) in [5, 5.41) is 7.98. The number of aromatic nitrogens is 2. The fraction of sp³-hybridized carbons (Fsp3) is 0.286. The van der Waals surface area contributed by atoms with E-state index in [1.165, 1.54) is 16.2 Å². The molecule has 0 spiro atoms. The molecule has 2 aromatic carbocycles. The van der Waals surface area contributed by atoms with Crippen LogP contribution < -0.4 is 5.32 Å². The number of rotatable bonds is 9. The largest absolute Gasteiger partial charge is 0.314 e. The predicted molar refractivity (Wildman–Crippen MR) is 106 cm³/mol. The van der Waals surface area contributed by atoms with E-state index in [1.54, 1.807) is 0 Å². The Hall–Kier alpha value is -2.04. The highest BCUT2D eigenvalue weighted by Crippen LogP contribution is 2.23. The van der Waals surface area contributed by atoms with Crippen LogP contribution in [0, 0.1) is 0 Å². The monoisotopic (exact) mass is 351 g/mol. The summed E-state index contributed by atoms with van der Waals surface area (Å²) in [4.78, 5) is 1.30. The zero-order valence-corrected chi connectivity index (χ0v) is 15.5. The maximum Gasteiger partial charge on any atom is 0.0765 e. The van der Waals surface area contributed by atoms with Gasteiger partial charge in [-0.05, 0) is 43.7 Å². The van der Waals surface area contributed by atoms with Crippen molar-refractivity contribution in [2.45, 2.75) is 36.6 Å². The summed E-state index contributed by atoms with van der Waals surface area (Å²) in [6.45, 7) is 1.78. The topological polar surface area (TPSA) is 29.9 Å². The lowest BCUT2D eigenvalue weighted by atomic mass is 10.1. The fourth-order valence-corrected chi connectivity index (χ4v) is 3.74. The van der Waals surface area contributed by atoms with Crippen LogP contribution in [0.25, 0.3) is 0 Å². The molecule has 0 bridgehead atoms. The van der Waals surface area contributed by atoms with Crippen molar-refractivity contribution >= 4 is 11.8 Å². The average Bonchev–Trinajstić information content (AvgIpc) is 3.04. The molecule has 130 valence electrons. The minimum absolute atomic E-state index is 0.814. The van der Waals surface area contributed by atoms with Crippen molar-refractivity contribution in [2.75, 3.05) is 7.05 Å². The lowest BCUT2D eigenvalue weighted by molar-refractivity contribution is 0.555. The van der Waals surface area contributed by atoms with Crippen LogP contribution in [0.2, 0.25) is 0 Å². The number of aryl methyl sites for hydroxylation is 2. The predicted octanol–water partition coefficient (Wildman–Crippen LogP) is 4.53. The van der Waals surface area contributed by atoms with Crippen LogP contribution in [0.5, 0.6) is 0 Å². The van der Waals surface area contributed by atoms with Crippen LogP contribution in [0.1, 0.15) is 23.4 Å². The molecule has 0 amide bonds. The van der Waals surface area contributed by atoms with Crippen molar-refractivity contribution in [3.8, 4) is 0 Å². The Balaban J connectivity index is 1.62. The van der Waals surface area contributed by atoms with Crippen LogP contribution in [-0.2, 0) is 25.3 Å². The molecule has 0 fully saturated rings. The van der Waals surface area contributed by atoms with Gasteiger partial charge in [0, 0.05) is 29.4 Å². The molecule has 4 heteroatoms. The van der Waals surface area contributed by atoms with Gasteiger partial charge in [0.2, 0.25) is 0 Å². The Morgan fingerprint density at radius 3 is 2.44 bits per heavy atom. The van der Waals surface area contributed by atoms with Gasteiger partial charge >= 0.3 is 0 Å². The molecule has 0 aliphatic carbocycles. The van der Waals surface area contributed by atoms with Gasteiger partial charge in [0.25, 0.3) is 0 Å². The lowest BCUT2D eigenvalue weighted by Gasteiger charge is -2.08. The third kappa shape index (κ3) is 5.48. The summed E-state index contributed by atoms with van der Waals surface area (Å²) < 4.78 is 2.19. The van der Waals surface area contributed by atoms with E-state index in [9.17, 15) is 0 Å². The first-order valence-corrected chi connectivity index (χ1v) is 9.75. The standard InChI is InChI=1S/C21H25N3S/c1-22-16-19-15-20(17-25-21-12-6-3-7-13-21)24(23-19)14-8-11-18-9-4-2-5-10-18/h2-7,9-10,12-13,15,22H,8,11,14,16-17H2,1H3. The van der Waals surface area contributed by atoms with Crippen molar-refractivity contribution in [1.82, 2.24) is 15.1 Å². The third-order valence-electron chi connectivity index (χ3n) is 4.08. The average molecular weight is 352 g/mol. The molecule has 3 rings (SSSR count). The van der Waals surface area contributed by atoms with Crippen molar-refractivity contribution in [3.63, 3.8) is 0 Å². The highest BCUT2D eigenvalue weighted by molar-refractivity contribution is 7.98. The molecule has 0 aliphatic rings. The second kappa shape index (κ2) is 9.44. The minimum Gasteiger partial charge on any atom is -0.314 e.